The van der Waals surface area contributed by atoms with Gasteiger partial charge in [-0.3, -0.25) is 4.79 Å². The highest BCUT2D eigenvalue weighted by molar-refractivity contribution is 6.16. The van der Waals surface area contributed by atoms with Gasteiger partial charge in [0.2, 0.25) is 0 Å². The second kappa shape index (κ2) is 3.44. The number of aromatic amines is 1. The highest BCUT2D eigenvalue weighted by atomic mass is 35.5. The molecule has 0 aromatic carbocycles. The summed E-state index contributed by atoms with van der Waals surface area (Å²) in [6.45, 7) is 0. The summed E-state index contributed by atoms with van der Waals surface area (Å²) in [6, 6.07) is 2.81. The first-order chi connectivity index (χ1) is 5.26. The first-order valence-electron chi connectivity index (χ1n) is 3.09. The smallest absolute Gasteiger partial charge is 0.194 e. The van der Waals surface area contributed by atoms with Gasteiger partial charge in [-0.05, 0) is 0 Å². The quantitative estimate of drug-likeness (QED) is 0.682. The minimum Gasteiger partial charge on any atom is -0.482 e. The Morgan fingerprint density at radius 3 is 2.91 bits per heavy atom. The minimum atomic E-state index is -0.101. The molecule has 0 aliphatic rings. The van der Waals surface area contributed by atoms with Crippen LogP contribution in [-0.2, 0) is 5.88 Å². The fourth-order valence-electron chi connectivity index (χ4n) is 0.755. The number of ether oxygens (including phenoxy) is 1. The third kappa shape index (κ3) is 1.98. The molecule has 0 aliphatic carbocycles. The van der Waals surface area contributed by atoms with E-state index < -0.39 is 0 Å². The molecule has 0 radical (unpaired) electrons. The van der Waals surface area contributed by atoms with E-state index in [0.717, 1.165) is 0 Å². The zero-order valence-corrected chi connectivity index (χ0v) is 6.81. The van der Waals surface area contributed by atoms with E-state index in [4.69, 9.17) is 16.3 Å². The molecule has 0 saturated carbocycles. The number of nitrogens with one attached hydrogen (secondary N) is 1. The molecule has 0 bridgehead atoms. The summed E-state index contributed by atoms with van der Waals surface area (Å²) in [6.07, 6.45) is 0. The van der Waals surface area contributed by atoms with Crippen molar-refractivity contribution in [3.05, 3.63) is 28.0 Å². The molecule has 3 nitrogen and oxygen atoms in total. The molecule has 0 atom stereocenters. The number of methoxy groups -OCH3 is 1. The van der Waals surface area contributed by atoms with Gasteiger partial charge in [0.15, 0.2) is 11.3 Å². The predicted molar refractivity (Wildman–Crippen MR) is 43.2 cm³/mol. The van der Waals surface area contributed by atoms with Gasteiger partial charge in [0, 0.05) is 17.8 Å². The van der Waals surface area contributed by atoms with Crippen molar-refractivity contribution in [2.45, 2.75) is 5.88 Å². The molecule has 0 spiro atoms. The van der Waals surface area contributed by atoms with Crippen molar-refractivity contribution in [3.63, 3.8) is 0 Å². The van der Waals surface area contributed by atoms with Crippen molar-refractivity contribution in [1.82, 2.24) is 4.98 Å². The molecule has 1 aromatic rings. The molecule has 4 heteroatoms. The zero-order chi connectivity index (χ0) is 8.27. The van der Waals surface area contributed by atoms with Crippen LogP contribution in [0.2, 0.25) is 0 Å². The number of H-pyrrole nitrogens is 1. The summed E-state index contributed by atoms with van der Waals surface area (Å²) in [5.74, 6) is 0.722. The molecule has 0 fully saturated rings. The van der Waals surface area contributed by atoms with Crippen molar-refractivity contribution in [3.8, 4) is 5.88 Å². The average Bonchev–Trinajstić information content (AvgIpc) is 2.03. The number of hydrogen-bond acceptors (Lipinski definition) is 2. The van der Waals surface area contributed by atoms with Crippen LogP contribution in [0.15, 0.2) is 16.9 Å². The molecule has 0 aliphatic heterocycles. The summed E-state index contributed by atoms with van der Waals surface area (Å²) in [7, 11) is 1.49. The maximum Gasteiger partial charge on any atom is 0.194 e. The van der Waals surface area contributed by atoms with Crippen molar-refractivity contribution in [2.75, 3.05) is 7.11 Å². The highest BCUT2D eigenvalue weighted by Crippen LogP contribution is 2.04. The molecule has 1 rings (SSSR count). The molecule has 1 heterocycles. The normalized spacial score (nSPS) is 9.64. The van der Waals surface area contributed by atoms with E-state index in [9.17, 15) is 4.79 Å². The second-order valence-corrected chi connectivity index (χ2v) is 2.31. The van der Waals surface area contributed by atoms with Gasteiger partial charge in [0.1, 0.15) is 0 Å². The van der Waals surface area contributed by atoms with Gasteiger partial charge in [-0.2, -0.15) is 0 Å². The van der Waals surface area contributed by atoms with Crippen molar-refractivity contribution in [1.29, 1.82) is 0 Å². The Morgan fingerprint density at radius 1 is 1.64 bits per heavy atom. The molecule has 0 unspecified atom stereocenters. The summed E-state index contributed by atoms with van der Waals surface area (Å²) in [5.41, 5.74) is 0.562. The lowest BCUT2D eigenvalue weighted by molar-refractivity contribution is 0.396. The molecule has 11 heavy (non-hydrogen) atoms. The van der Waals surface area contributed by atoms with Crippen LogP contribution in [-0.4, -0.2) is 12.1 Å². The van der Waals surface area contributed by atoms with Gasteiger partial charge < -0.3 is 9.72 Å². The van der Waals surface area contributed by atoms with Crippen molar-refractivity contribution in [2.24, 2.45) is 0 Å². The number of rotatable bonds is 2. The first kappa shape index (κ1) is 8.14. The first-order valence-corrected chi connectivity index (χ1v) is 3.63. The number of hydrogen-bond donors (Lipinski definition) is 1. The third-order valence-electron chi connectivity index (χ3n) is 1.24. The van der Waals surface area contributed by atoms with Crippen LogP contribution < -0.4 is 10.2 Å². The summed E-state index contributed by atoms with van der Waals surface area (Å²) in [5, 5.41) is 0. The Bertz CT molecular complexity index is 269. The van der Waals surface area contributed by atoms with Crippen molar-refractivity contribution >= 4 is 11.6 Å². The monoisotopic (exact) mass is 173 g/mol. The molecule has 1 N–H and O–H groups in total. The number of pyridine rings is 1. The summed E-state index contributed by atoms with van der Waals surface area (Å²) < 4.78 is 4.82. The van der Waals surface area contributed by atoms with Crippen LogP contribution in [0.5, 0.6) is 5.88 Å². The van der Waals surface area contributed by atoms with Gasteiger partial charge in [-0.15, -0.1) is 11.6 Å². The highest BCUT2D eigenvalue weighted by Gasteiger charge is 1.96. The number of alkyl halides is 1. The van der Waals surface area contributed by atoms with Crippen LogP contribution in [0.4, 0.5) is 0 Å². The maximum atomic E-state index is 10.9. The predicted octanol–water partition coefficient (Wildman–Crippen LogP) is 1.12. The van der Waals surface area contributed by atoms with Gasteiger partial charge in [-0.25, -0.2) is 0 Å². The average molecular weight is 174 g/mol. The van der Waals surface area contributed by atoms with Crippen molar-refractivity contribution < 1.29 is 4.74 Å². The van der Waals surface area contributed by atoms with E-state index in [1.807, 2.05) is 0 Å². The molecule has 0 amide bonds. The van der Waals surface area contributed by atoms with Gasteiger partial charge in [-0.1, -0.05) is 0 Å². The largest absolute Gasteiger partial charge is 0.482 e. The Balaban J connectivity index is 3.12. The van der Waals surface area contributed by atoms with E-state index in [1.165, 1.54) is 19.2 Å². The topological polar surface area (TPSA) is 42.1 Å². The SMILES string of the molecule is COc1cc(=O)cc(CCl)[nH]1. The molecule has 1 aromatic heterocycles. The van der Waals surface area contributed by atoms with Gasteiger partial charge in [0.25, 0.3) is 0 Å². The van der Waals surface area contributed by atoms with E-state index in [0.29, 0.717) is 11.6 Å². The van der Waals surface area contributed by atoms with Crippen LogP contribution in [0.1, 0.15) is 5.69 Å². The maximum absolute atomic E-state index is 10.9. The lowest BCUT2D eigenvalue weighted by atomic mass is 10.4. The van der Waals surface area contributed by atoms with Crippen LogP contribution in [0.25, 0.3) is 0 Å². The van der Waals surface area contributed by atoms with Crippen LogP contribution in [0, 0.1) is 0 Å². The Kier molecular flexibility index (Phi) is 2.54. The Morgan fingerprint density at radius 2 is 2.36 bits per heavy atom. The van der Waals surface area contributed by atoms with Gasteiger partial charge >= 0.3 is 0 Å². The lowest BCUT2D eigenvalue weighted by Crippen LogP contribution is -2.03. The van der Waals surface area contributed by atoms with Crippen LogP contribution in [0.3, 0.4) is 0 Å². The van der Waals surface area contributed by atoms with E-state index >= 15 is 0 Å². The zero-order valence-electron chi connectivity index (χ0n) is 6.06. The number of halogens is 1. The number of aromatic nitrogens is 1. The Hall–Kier alpha value is -0.960. The summed E-state index contributed by atoms with van der Waals surface area (Å²) in [4.78, 5) is 13.7. The fraction of sp³-hybridized carbons (Fsp3) is 0.286. The minimum absolute atomic E-state index is 0.101. The molecule has 0 saturated heterocycles. The molecular weight excluding hydrogens is 166 g/mol. The van der Waals surface area contributed by atoms with E-state index in [-0.39, 0.29) is 11.3 Å². The molecule has 60 valence electrons. The van der Waals surface area contributed by atoms with Crippen LogP contribution >= 0.6 is 11.6 Å². The van der Waals surface area contributed by atoms with Gasteiger partial charge in [0.05, 0.1) is 13.0 Å². The standard InChI is InChI=1S/C7H8ClNO2/c1-11-7-3-6(10)2-5(4-8)9-7/h2-3H,4H2,1H3,(H,9,10). The van der Waals surface area contributed by atoms with E-state index in [2.05, 4.69) is 4.98 Å². The lowest BCUT2D eigenvalue weighted by Gasteiger charge is -2.00. The molecular formula is C7H8ClNO2. The Labute approximate surface area is 69.0 Å². The fourth-order valence-corrected chi connectivity index (χ4v) is 0.899. The second-order valence-electron chi connectivity index (χ2n) is 2.04. The third-order valence-corrected chi connectivity index (χ3v) is 1.53. The summed E-state index contributed by atoms with van der Waals surface area (Å²) >= 11 is 5.50. The van der Waals surface area contributed by atoms with E-state index in [1.54, 1.807) is 0 Å².